The summed E-state index contributed by atoms with van der Waals surface area (Å²) in [4.78, 5) is 10.5. The number of hydrogen-bond donors (Lipinski definition) is 2. The van der Waals surface area contributed by atoms with Crippen LogP contribution in [0.4, 0.5) is 0 Å². The lowest BCUT2D eigenvalue weighted by Gasteiger charge is -2.27. The molecule has 0 heterocycles. The molecule has 2 N–H and O–H groups in total. The van der Waals surface area contributed by atoms with Crippen LogP contribution in [0.15, 0.2) is 0 Å². The van der Waals surface area contributed by atoms with Crippen molar-refractivity contribution in [3.8, 4) is 0 Å². The maximum atomic E-state index is 10.5. The third-order valence-corrected chi connectivity index (χ3v) is 2.70. The van der Waals surface area contributed by atoms with Gasteiger partial charge in [-0.05, 0) is 12.3 Å². The molecule has 0 bridgehead atoms. The molecule has 0 aliphatic heterocycles. The van der Waals surface area contributed by atoms with Crippen LogP contribution in [-0.4, -0.2) is 17.1 Å². The summed E-state index contributed by atoms with van der Waals surface area (Å²) in [6.45, 7) is 0. The fraction of sp³-hybridized carbons (Fsp3) is 0.857. The van der Waals surface area contributed by atoms with Gasteiger partial charge in [-0.1, -0.05) is 28.7 Å². The molecule has 0 radical (unpaired) electrons. The van der Waals surface area contributed by atoms with Gasteiger partial charge in [0.1, 0.15) is 6.04 Å². The van der Waals surface area contributed by atoms with Gasteiger partial charge in [0.15, 0.2) is 0 Å². The average molecular weight is 175 g/mol. The van der Waals surface area contributed by atoms with Crippen LogP contribution >= 0.6 is 9.39 Å². The van der Waals surface area contributed by atoms with E-state index in [1.165, 1.54) is 19.3 Å². The van der Waals surface area contributed by atoms with Crippen LogP contribution in [0.2, 0.25) is 0 Å². The number of carboxylic acid groups (broad SMARTS) is 1. The van der Waals surface area contributed by atoms with E-state index in [4.69, 9.17) is 5.11 Å². The van der Waals surface area contributed by atoms with E-state index in [-0.39, 0.29) is 6.04 Å². The Morgan fingerprint density at radius 3 is 2.64 bits per heavy atom. The van der Waals surface area contributed by atoms with E-state index in [2.05, 4.69) is 14.5 Å². The first-order valence-corrected chi connectivity index (χ1v) is 4.50. The number of nitrogens with one attached hydrogen (secondary N) is 1. The van der Waals surface area contributed by atoms with Crippen molar-refractivity contribution in [3.63, 3.8) is 0 Å². The lowest BCUT2D eigenvalue weighted by molar-refractivity contribution is -0.139. The monoisotopic (exact) mass is 175 g/mol. The third kappa shape index (κ3) is 2.42. The zero-order chi connectivity index (χ0) is 8.27. The fourth-order valence-corrected chi connectivity index (χ4v) is 1.58. The van der Waals surface area contributed by atoms with E-state index in [9.17, 15) is 4.79 Å². The molecule has 1 aliphatic carbocycles. The quantitative estimate of drug-likeness (QED) is 0.627. The zero-order valence-electron chi connectivity index (χ0n) is 6.42. The molecule has 4 heteroatoms. The molecule has 1 saturated carbocycles. The molecule has 0 spiro atoms. The smallest absolute Gasteiger partial charge is 0.320 e. The Morgan fingerprint density at radius 1 is 1.73 bits per heavy atom. The van der Waals surface area contributed by atoms with Crippen molar-refractivity contribution < 1.29 is 9.90 Å². The summed E-state index contributed by atoms with van der Waals surface area (Å²) in [5.74, 6) is -0.101. The summed E-state index contributed by atoms with van der Waals surface area (Å²) in [5.41, 5.74) is 0. The molecular formula is C7H14NO2P. The van der Waals surface area contributed by atoms with Crippen LogP contribution in [-0.2, 0) is 4.79 Å². The highest BCUT2D eigenvalue weighted by molar-refractivity contribution is 7.13. The first-order chi connectivity index (χ1) is 5.24. The second-order valence-electron chi connectivity index (χ2n) is 3.09. The second-order valence-corrected chi connectivity index (χ2v) is 3.42. The van der Waals surface area contributed by atoms with E-state index < -0.39 is 5.97 Å². The van der Waals surface area contributed by atoms with Crippen LogP contribution in [0.1, 0.15) is 25.7 Å². The maximum absolute atomic E-state index is 10.5. The minimum absolute atomic E-state index is 0.370. The highest BCUT2D eigenvalue weighted by Crippen LogP contribution is 2.30. The SMILES string of the molecule is O=C(O)C(CC1CCC1)NP. The topological polar surface area (TPSA) is 49.3 Å². The van der Waals surface area contributed by atoms with Gasteiger partial charge in [0.2, 0.25) is 0 Å². The first-order valence-electron chi connectivity index (χ1n) is 3.93. The first kappa shape index (κ1) is 8.95. The van der Waals surface area contributed by atoms with Gasteiger partial charge in [-0.15, -0.1) is 0 Å². The summed E-state index contributed by atoms with van der Waals surface area (Å²) < 4.78 is 0. The third-order valence-electron chi connectivity index (χ3n) is 2.29. The van der Waals surface area contributed by atoms with Crippen molar-refractivity contribution in [2.24, 2.45) is 5.92 Å². The van der Waals surface area contributed by atoms with Gasteiger partial charge >= 0.3 is 5.97 Å². The largest absolute Gasteiger partial charge is 0.480 e. The minimum atomic E-state index is -0.744. The van der Waals surface area contributed by atoms with Crippen LogP contribution < -0.4 is 5.09 Å². The van der Waals surface area contributed by atoms with Crippen molar-refractivity contribution in [1.82, 2.24) is 5.09 Å². The van der Waals surface area contributed by atoms with Crippen molar-refractivity contribution in [2.75, 3.05) is 0 Å². The number of carbonyl (C=O) groups is 1. The van der Waals surface area contributed by atoms with Gasteiger partial charge in [-0.2, -0.15) is 0 Å². The van der Waals surface area contributed by atoms with E-state index in [0.717, 1.165) is 6.42 Å². The summed E-state index contributed by atoms with van der Waals surface area (Å²) >= 11 is 0. The molecule has 0 saturated heterocycles. The van der Waals surface area contributed by atoms with Gasteiger partial charge in [0.05, 0.1) is 0 Å². The summed E-state index contributed by atoms with van der Waals surface area (Å²) in [5, 5.41) is 11.4. The highest BCUT2D eigenvalue weighted by Gasteiger charge is 2.24. The molecule has 1 rings (SSSR count). The van der Waals surface area contributed by atoms with Crippen molar-refractivity contribution in [1.29, 1.82) is 0 Å². The molecular weight excluding hydrogens is 161 g/mol. The highest BCUT2D eigenvalue weighted by atomic mass is 31.0. The van der Waals surface area contributed by atoms with Crippen LogP contribution in [0.3, 0.4) is 0 Å². The summed E-state index contributed by atoms with van der Waals surface area (Å²) in [7, 11) is 2.27. The lowest BCUT2D eigenvalue weighted by atomic mass is 9.81. The van der Waals surface area contributed by atoms with Crippen LogP contribution in [0.5, 0.6) is 0 Å². The standard InChI is InChI=1S/C7H14NO2P/c9-7(10)6(8-11)4-5-2-1-3-5/h5-6,8H,1-4,11H2,(H,9,10). The van der Waals surface area contributed by atoms with Gasteiger partial charge in [0, 0.05) is 0 Å². The van der Waals surface area contributed by atoms with Crippen LogP contribution in [0.25, 0.3) is 0 Å². The number of hydrogen-bond acceptors (Lipinski definition) is 2. The van der Waals surface area contributed by atoms with E-state index in [1.54, 1.807) is 0 Å². The molecule has 1 fully saturated rings. The lowest BCUT2D eigenvalue weighted by Crippen LogP contribution is -2.33. The van der Waals surface area contributed by atoms with Gasteiger partial charge in [0.25, 0.3) is 0 Å². The Bertz CT molecular complexity index is 147. The van der Waals surface area contributed by atoms with Crippen molar-refractivity contribution in [2.45, 2.75) is 31.7 Å². The minimum Gasteiger partial charge on any atom is -0.480 e. The molecule has 64 valence electrons. The maximum Gasteiger partial charge on any atom is 0.320 e. The van der Waals surface area contributed by atoms with E-state index >= 15 is 0 Å². The summed E-state index contributed by atoms with van der Waals surface area (Å²) in [6.07, 6.45) is 4.46. The van der Waals surface area contributed by atoms with Gasteiger partial charge < -0.3 is 5.11 Å². The molecule has 1 aliphatic rings. The molecule has 11 heavy (non-hydrogen) atoms. The molecule has 0 aromatic rings. The summed E-state index contributed by atoms with van der Waals surface area (Å²) in [6, 6.07) is -0.370. The molecule has 2 unspecified atom stereocenters. The van der Waals surface area contributed by atoms with E-state index in [1.807, 2.05) is 0 Å². The Hall–Kier alpha value is -0.140. The molecule has 2 atom stereocenters. The Labute approximate surface area is 68.8 Å². The van der Waals surface area contributed by atoms with Crippen molar-refractivity contribution >= 4 is 15.4 Å². The second kappa shape index (κ2) is 4.03. The average Bonchev–Trinajstić information content (AvgIpc) is 1.85. The molecule has 0 aromatic carbocycles. The van der Waals surface area contributed by atoms with E-state index in [0.29, 0.717) is 5.92 Å². The number of rotatable bonds is 4. The van der Waals surface area contributed by atoms with Crippen LogP contribution in [0, 0.1) is 5.92 Å². The molecule has 0 amide bonds. The Kier molecular flexibility index (Phi) is 3.28. The predicted octanol–water partition coefficient (Wildman–Crippen LogP) is 1.01. The Morgan fingerprint density at radius 2 is 2.36 bits per heavy atom. The molecule has 0 aromatic heterocycles. The number of carboxylic acids is 1. The van der Waals surface area contributed by atoms with Gasteiger partial charge in [-0.25, -0.2) is 0 Å². The van der Waals surface area contributed by atoms with Crippen molar-refractivity contribution in [3.05, 3.63) is 0 Å². The molecule has 3 nitrogen and oxygen atoms in total. The van der Waals surface area contributed by atoms with Gasteiger partial charge in [-0.3, -0.25) is 9.88 Å². The Balaban J connectivity index is 2.24. The predicted molar refractivity (Wildman–Crippen MR) is 46.2 cm³/mol. The zero-order valence-corrected chi connectivity index (χ0v) is 7.57. The normalized spacial score (nSPS) is 20.8. The fourth-order valence-electron chi connectivity index (χ4n) is 1.30. The number of aliphatic carboxylic acids is 1.